The van der Waals surface area contributed by atoms with E-state index in [1.807, 2.05) is 0 Å². The van der Waals surface area contributed by atoms with Crippen molar-refractivity contribution in [3.63, 3.8) is 0 Å². The smallest absolute Gasteiger partial charge is 0.345 e. The number of benzene rings is 4. The van der Waals surface area contributed by atoms with E-state index in [1.165, 1.54) is 55.8 Å². The first-order valence-corrected chi connectivity index (χ1v) is 13.3. The SMILES string of the molecule is COc1cc(/C=N/NC(=O)c2ccc(NS(=O)(=O)c3ccccc3)cc2)ccc1OC(=O)c1ccccc1Cl. The van der Waals surface area contributed by atoms with E-state index in [4.69, 9.17) is 21.1 Å². The fourth-order valence-corrected chi connectivity index (χ4v) is 4.66. The van der Waals surface area contributed by atoms with E-state index in [2.05, 4.69) is 15.2 Å². The molecule has 4 aromatic rings. The van der Waals surface area contributed by atoms with Crippen molar-refractivity contribution in [3.05, 3.63) is 119 Å². The molecule has 0 spiro atoms. The summed E-state index contributed by atoms with van der Waals surface area (Å²) in [5, 5.41) is 4.22. The molecule has 4 aromatic carbocycles. The summed E-state index contributed by atoms with van der Waals surface area (Å²) in [6.45, 7) is 0. The van der Waals surface area contributed by atoms with Crippen LogP contribution in [0.4, 0.5) is 5.69 Å². The van der Waals surface area contributed by atoms with Crippen molar-refractivity contribution in [1.29, 1.82) is 0 Å². The molecule has 0 unspecified atom stereocenters. The number of rotatable bonds is 9. The second-order valence-electron chi connectivity index (χ2n) is 7.97. The number of sulfonamides is 1. The van der Waals surface area contributed by atoms with E-state index >= 15 is 0 Å². The molecule has 2 N–H and O–H groups in total. The van der Waals surface area contributed by atoms with Crippen molar-refractivity contribution < 1.29 is 27.5 Å². The van der Waals surface area contributed by atoms with Gasteiger partial charge in [0, 0.05) is 11.3 Å². The van der Waals surface area contributed by atoms with Crippen LogP contribution < -0.4 is 19.6 Å². The molecular formula is C28H22ClN3O6S. The monoisotopic (exact) mass is 563 g/mol. The van der Waals surface area contributed by atoms with Crippen molar-refractivity contribution in [2.75, 3.05) is 11.8 Å². The zero-order chi connectivity index (χ0) is 27.8. The zero-order valence-corrected chi connectivity index (χ0v) is 22.1. The number of hydrogen-bond acceptors (Lipinski definition) is 7. The molecule has 0 heterocycles. The van der Waals surface area contributed by atoms with Crippen LogP contribution in [0, 0.1) is 0 Å². The Morgan fingerprint density at radius 3 is 2.26 bits per heavy atom. The van der Waals surface area contributed by atoms with Gasteiger partial charge in [-0.05, 0) is 72.3 Å². The molecule has 9 nitrogen and oxygen atoms in total. The Bertz CT molecular complexity index is 1630. The Morgan fingerprint density at radius 2 is 1.56 bits per heavy atom. The second kappa shape index (κ2) is 12.2. The number of nitrogens with one attached hydrogen (secondary N) is 2. The van der Waals surface area contributed by atoms with Gasteiger partial charge in [0.05, 0.1) is 28.8 Å². The van der Waals surface area contributed by atoms with Gasteiger partial charge in [-0.3, -0.25) is 9.52 Å². The first-order valence-electron chi connectivity index (χ1n) is 11.4. The number of carbonyl (C=O) groups is 2. The van der Waals surface area contributed by atoms with Crippen LogP contribution in [0.1, 0.15) is 26.3 Å². The molecule has 0 aromatic heterocycles. The van der Waals surface area contributed by atoms with E-state index in [-0.39, 0.29) is 32.5 Å². The molecule has 0 fully saturated rings. The summed E-state index contributed by atoms with van der Waals surface area (Å²) in [7, 11) is -2.32. The summed E-state index contributed by atoms with van der Waals surface area (Å²) in [5.41, 5.74) is 3.77. The maximum atomic E-state index is 12.5. The third-order valence-corrected chi connectivity index (χ3v) is 7.04. The van der Waals surface area contributed by atoms with Crippen LogP contribution in [0.5, 0.6) is 11.5 Å². The lowest BCUT2D eigenvalue weighted by molar-refractivity contribution is 0.0729. The van der Waals surface area contributed by atoms with Gasteiger partial charge in [0.2, 0.25) is 0 Å². The first-order chi connectivity index (χ1) is 18.8. The van der Waals surface area contributed by atoms with E-state index in [0.29, 0.717) is 11.3 Å². The maximum Gasteiger partial charge on any atom is 0.345 e. The Hall–Kier alpha value is -4.67. The second-order valence-corrected chi connectivity index (χ2v) is 10.1. The van der Waals surface area contributed by atoms with Crippen LogP contribution in [-0.4, -0.2) is 33.6 Å². The van der Waals surface area contributed by atoms with Crippen LogP contribution in [0.3, 0.4) is 0 Å². The van der Waals surface area contributed by atoms with Gasteiger partial charge in [-0.25, -0.2) is 18.6 Å². The molecule has 1 amide bonds. The number of esters is 1. The number of anilines is 1. The Kier molecular flexibility index (Phi) is 8.60. The predicted molar refractivity (Wildman–Crippen MR) is 148 cm³/mol. The molecule has 0 atom stereocenters. The van der Waals surface area contributed by atoms with Crippen LogP contribution in [-0.2, 0) is 10.0 Å². The van der Waals surface area contributed by atoms with Crippen molar-refractivity contribution >= 4 is 45.4 Å². The van der Waals surface area contributed by atoms with Crippen LogP contribution in [0.25, 0.3) is 0 Å². The number of halogens is 1. The number of amides is 1. The summed E-state index contributed by atoms with van der Waals surface area (Å²) in [5.74, 6) is -0.668. The van der Waals surface area contributed by atoms with Crippen LogP contribution in [0.15, 0.2) is 107 Å². The van der Waals surface area contributed by atoms with E-state index in [9.17, 15) is 18.0 Å². The standard InChI is InChI=1S/C28H22ClN3O6S/c1-37-26-17-19(11-16-25(26)38-28(34)23-9-5-6-10-24(23)29)18-30-31-27(33)20-12-14-21(15-13-20)32-39(35,36)22-7-3-2-4-8-22/h2-18,32H,1H3,(H,31,33)/b30-18+. The third-order valence-electron chi connectivity index (χ3n) is 5.32. The van der Waals surface area contributed by atoms with Gasteiger partial charge in [0.15, 0.2) is 11.5 Å². The highest BCUT2D eigenvalue weighted by Crippen LogP contribution is 2.29. The molecule has 198 valence electrons. The number of ether oxygens (including phenoxy) is 2. The van der Waals surface area contributed by atoms with Crippen molar-refractivity contribution in [1.82, 2.24) is 5.43 Å². The Morgan fingerprint density at radius 1 is 0.872 bits per heavy atom. The fraction of sp³-hybridized carbons (Fsp3) is 0.0357. The molecule has 11 heteroatoms. The lowest BCUT2D eigenvalue weighted by Gasteiger charge is -2.10. The molecular weight excluding hydrogens is 542 g/mol. The highest BCUT2D eigenvalue weighted by molar-refractivity contribution is 7.92. The summed E-state index contributed by atoms with van der Waals surface area (Å²) in [6, 6.07) is 25.1. The average molecular weight is 564 g/mol. The number of methoxy groups -OCH3 is 1. The number of hydrazone groups is 1. The van der Waals surface area contributed by atoms with Crippen LogP contribution >= 0.6 is 11.6 Å². The highest BCUT2D eigenvalue weighted by atomic mass is 35.5. The molecule has 0 radical (unpaired) electrons. The zero-order valence-electron chi connectivity index (χ0n) is 20.5. The minimum atomic E-state index is -3.74. The van der Waals surface area contributed by atoms with E-state index in [1.54, 1.807) is 54.6 Å². The molecule has 4 rings (SSSR count). The maximum absolute atomic E-state index is 12.5. The highest BCUT2D eigenvalue weighted by Gasteiger charge is 2.16. The van der Waals surface area contributed by atoms with Crippen LogP contribution in [0.2, 0.25) is 5.02 Å². The quantitative estimate of drug-likeness (QED) is 0.126. The van der Waals surface area contributed by atoms with Gasteiger partial charge in [0.1, 0.15) is 0 Å². The third kappa shape index (κ3) is 7.01. The molecule has 0 aliphatic heterocycles. The molecule has 0 aliphatic rings. The Balaban J connectivity index is 1.37. The molecule has 0 aliphatic carbocycles. The van der Waals surface area contributed by atoms with Gasteiger partial charge in [-0.1, -0.05) is 41.9 Å². The lowest BCUT2D eigenvalue weighted by atomic mass is 10.2. The number of carbonyl (C=O) groups excluding carboxylic acids is 2. The Labute approximate surface area is 230 Å². The van der Waals surface area contributed by atoms with Gasteiger partial charge in [0.25, 0.3) is 15.9 Å². The molecule has 0 saturated heterocycles. The summed E-state index contributed by atoms with van der Waals surface area (Å²) in [4.78, 5) is 25.0. The van der Waals surface area contributed by atoms with Gasteiger partial charge in [-0.15, -0.1) is 0 Å². The van der Waals surface area contributed by atoms with Gasteiger partial charge >= 0.3 is 5.97 Å². The number of nitrogens with zero attached hydrogens (tertiary/aromatic N) is 1. The van der Waals surface area contributed by atoms with Crippen molar-refractivity contribution in [2.24, 2.45) is 5.10 Å². The summed E-state index contributed by atoms with van der Waals surface area (Å²) < 4.78 is 38.1. The van der Waals surface area contributed by atoms with Crippen molar-refractivity contribution in [2.45, 2.75) is 4.90 Å². The van der Waals surface area contributed by atoms with E-state index < -0.39 is 21.9 Å². The van der Waals surface area contributed by atoms with Gasteiger partial charge < -0.3 is 9.47 Å². The van der Waals surface area contributed by atoms with Gasteiger partial charge in [-0.2, -0.15) is 5.10 Å². The minimum absolute atomic E-state index is 0.129. The lowest BCUT2D eigenvalue weighted by Crippen LogP contribution is -2.18. The minimum Gasteiger partial charge on any atom is -0.493 e. The molecule has 39 heavy (non-hydrogen) atoms. The predicted octanol–water partition coefficient (Wildman–Crippen LogP) is 5.13. The van der Waals surface area contributed by atoms with E-state index in [0.717, 1.165) is 0 Å². The number of hydrogen-bond donors (Lipinski definition) is 2. The largest absolute Gasteiger partial charge is 0.493 e. The van der Waals surface area contributed by atoms with Crippen molar-refractivity contribution in [3.8, 4) is 11.5 Å². The average Bonchev–Trinajstić information content (AvgIpc) is 2.94. The fourth-order valence-electron chi connectivity index (χ4n) is 3.36. The first kappa shape index (κ1) is 27.4. The normalized spacial score (nSPS) is 11.1. The molecule has 0 bridgehead atoms. The summed E-state index contributed by atoms with van der Waals surface area (Å²) in [6.07, 6.45) is 1.39. The summed E-state index contributed by atoms with van der Waals surface area (Å²) >= 11 is 6.06. The molecule has 0 saturated carbocycles. The topological polar surface area (TPSA) is 123 Å².